The Morgan fingerprint density at radius 2 is 1.59 bits per heavy atom. The van der Waals surface area contributed by atoms with Crippen molar-refractivity contribution in [1.29, 1.82) is 0 Å². The van der Waals surface area contributed by atoms with Gasteiger partial charge in [0.1, 0.15) is 0 Å². The Labute approximate surface area is 106 Å². The summed E-state index contributed by atoms with van der Waals surface area (Å²) in [6.45, 7) is 12.2. The van der Waals surface area contributed by atoms with Crippen LogP contribution in [0.25, 0.3) is 0 Å². The molecule has 0 N–H and O–H groups in total. The first-order valence-electron chi connectivity index (χ1n) is 6.75. The van der Waals surface area contributed by atoms with Gasteiger partial charge in [-0.2, -0.15) is 0 Å². The van der Waals surface area contributed by atoms with E-state index in [1.807, 2.05) is 7.05 Å². The number of nitrogens with zero attached hydrogens (tertiary/aromatic N) is 2. The fraction of sp³-hybridized carbons (Fsp3) is 0.786. The van der Waals surface area contributed by atoms with E-state index in [1.54, 1.807) is 4.90 Å². The lowest BCUT2D eigenvalue weighted by atomic mass is 10.2. The maximum Gasteiger partial charge on any atom is 0.245 e. The zero-order valence-corrected chi connectivity index (χ0v) is 11.7. The Morgan fingerprint density at radius 3 is 2.06 bits per heavy atom. The topological polar surface area (TPSA) is 23.6 Å². The van der Waals surface area contributed by atoms with E-state index in [1.165, 1.54) is 31.9 Å². The van der Waals surface area contributed by atoms with Crippen molar-refractivity contribution in [1.82, 2.24) is 9.80 Å². The molecule has 3 nitrogen and oxygen atoms in total. The molecule has 0 fully saturated rings. The van der Waals surface area contributed by atoms with Crippen molar-refractivity contribution in [2.75, 3.05) is 33.2 Å². The summed E-state index contributed by atoms with van der Waals surface area (Å²) < 4.78 is 0. The second-order valence-electron chi connectivity index (χ2n) is 4.41. The van der Waals surface area contributed by atoms with Gasteiger partial charge in [-0.3, -0.25) is 4.79 Å². The highest BCUT2D eigenvalue weighted by molar-refractivity contribution is 5.86. The average Bonchev–Trinajstić information content (AvgIpc) is 2.36. The van der Waals surface area contributed by atoms with Crippen LogP contribution in [0.15, 0.2) is 12.7 Å². The number of likely N-dealkylation sites (N-methyl/N-ethyl adjacent to an activating group) is 1. The molecule has 0 aliphatic heterocycles. The van der Waals surface area contributed by atoms with Gasteiger partial charge in [0.15, 0.2) is 0 Å². The van der Waals surface area contributed by atoms with E-state index < -0.39 is 0 Å². The second-order valence-corrected chi connectivity index (χ2v) is 4.41. The van der Waals surface area contributed by atoms with Crippen molar-refractivity contribution in [2.45, 2.75) is 39.5 Å². The quantitative estimate of drug-likeness (QED) is 0.433. The molecule has 0 aromatic carbocycles. The van der Waals surface area contributed by atoms with Crippen molar-refractivity contribution in [3.63, 3.8) is 0 Å². The number of carbonyl (C=O) groups excluding carboxylic acids is 1. The van der Waals surface area contributed by atoms with E-state index in [-0.39, 0.29) is 5.91 Å². The molecule has 100 valence electrons. The monoisotopic (exact) mass is 240 g/mol. The highest BCUT2D eigenvalue weighted by Gasteiger charge is 2.03. The van der Waals surface area contributed by atoms with Crippen molar-refractivity contribution < 1.29 is 4.79 Å². The summed E-state index contributed by atoms with van der Waals surface area (Å²) in [5.41, 5.74) is 0. The molecular weight excluding hydrogens is 212 g/mol. The molecule has 0 unspecified atom stereocenters. The standard InChI is InChI=1S/C14H28N2O/c1-5-14(17)15(4)12-10-8-9-11-13-16(6-2)7-3/h5H,1,6-13H2,2-4H3. The Balaban J connectivity index is 3.40. The molecule has 1 amide bonds. The maximum atomic E-state index is 11.2. The smallest absolute Gasteiger partial charge is 0.245 e. The minimum Gasteiger partial charge on any atom is -0.342 e. The molecule has 0 saturated carbocycles. The van der Waals surface area contributed by atoms with Crippen LogP contribution in [0.1, 0.15) is 39.5 Å². The largest absolute Gasteiger partial charge is 0.342 e. The third kappa shape index (κ3) is 7.97. The van der Waals surface area contributed by atoms with E-state index >= 15 is 0 Å². The first-order chi connectivity index (χ1) is 8.15. The Bertz CT molecular complexity index is 212. The van der Waals surface area contributed by atoms with E-state index in [2.05, 4.69) is 25.3 Å². The van der Waals surface area contributed by atoms with Crippen molar-refractivity contribution in [2.24, 2.45) is 0 Å². The molecule has 0 aliphatic carbocycles. The average molecular weight is 240 g/mol. The van der Waals surface area contributed by atoms with Gasteiger partial charge >= 0.3 is 0 Å². The predicted molar refractivity (Wildman–Crippen MR) is 74.1 cm³/mol. The third-order valence-corrected chi connectivity index (χ3v) is 3.16. The van der Waals surface area contributed by atoms with Crippen LogP contribution in [-0.2, 0) is 4.79 Å². The molecule has 0 aromatic rings. The number of hydrogen-bond donors (Lipinski definition) is 0. The lowest BCUT2D eigenvalue weighted by Crippen LogP contribution is -2.25. The molecule has 0 saturated heterocycles. The molecule has 0 aliphatic rings. The first kappa shape index (κ1) is 16.2. The fourth-order valence-electron chi connectivity index (χ4n) is 1.84. The van der Waals surface area contributed by atoms with E-state index in [9.17, 15) is 4.79 Å². The summed E-state index contributed by atoms with van der Waals surface area (Å²) in [4.78, 5) is 15.4. The van der Waals surface area contributed by atoms with Crippen LogP contribution in [-0.4, -0.2) is 48.9 Å². The SMILES string of the molecule is C=CC(=O)N(C)CCCCCCN(CC)CC. The molecule has 0 radical (unpaired) electrons. The van der Waals surface area contributed by atoms with Gasteiger partial charge in [0, 0.05) is 13.6 Å². The van der Waals surface area contributed by atoms with Gasteiger partial charge in [0.25, 0.3) is 0 Å². The Hall–Kier alpha value is -0.830. The van der Waals surface area contributed by atoms with E-state index in [4.69, 9.17) is 0 Å². The molecule has 0 bridgehead atoms. The van der Waals surface area contributed by atoms with Gasteiger partial charge in [-0.05, 0) is 38.6 Å². The first-order valence-corrected chi connectivity index (χ1v) is 6.75. The minimum absolute atomic E-state index is 0.0214. The number of carbonyl (C=O) groups is 1. The molecule has 0 rings (SSSR count). The fourth-order valence-corrected chi connectivity index (χ4v) is 1.84. The molecule has 0 atom stereocenters. The highest BCUT2D eigenvalue weighted by atomic mass is 16.2. The molecular formula is C14H28N2O. The summed E-state index contributed by atoms with van der Waals surface area (Å²) in [5.74, 6) is 0.0214. The number of rotatable bonds is 10. The lowest BCUT2D eigenvalue weighted by Gasteiger charge is -2.18. The van der Waals surface area contributed by atoms with Crippen molar-refractivity contribution >= 4 is 5.91 Å². The number of unbranched alkanes of at least 4 members (excludes halogenated alkanes) is 3. The summed E-state index contributed by atoms with van der Waals surface area (Å²) in [6, 6.07) is 0. The van der Waals surface area contributed by atoms with E-state index in [0.29, 0.717) is 0 Å². The van der Waals surface area contributed by atoms with Crippen molar-refractivity contribution in [3.05, 3.63) is 12.7 Å². The maximum absolute atomic E-state index is 11.2. The van der Waals surface area contributed by atoms with Crippen LogP contribution in [0.2, 0.25) is 0 Å². The molecule has 17 heavy (non-hydrogen) atoms. The zero-order chi connectivity index (χ0) is 13.1. The number of amides is 1. The van der Waals surface area contributed by atoms with Crippen LogP contribution < -0.4 is 0 Å². The Morgan fingerprint density at radius 1 is 1.06 bits per heavy atom. The molecule has 0 heterocycles. The lowest BCUT2D eigenvalue weighted by molar-refractivity contribution is -0.124. The molecule has 0 aromatic heterocycles. The summed E-state index contributed by atoms with van der Waals surface area (Å²) in [7, 11) is 1.83. The van der Waals surface area contributed by atoms with Gasteiger partial charge in [-0.15, -0.1) is 0 Å². The van der Waals surface area contributed by atoms with Crippen LogP contribution in [0.4, 0.5) is 0 Å². The van der Waals surface area contributed by atoms with Crippen LogP contribution in [0, 0.1) is 0 Å². The minimum atomic E-state index is 0.0214. The number of hydrogen-bond acceptors (Lipinski definition) is 2. The highest BCUT2D eigenvalue weighted by Crippen LogP contribution is 2.03. The van der Waals surface area contributed by atoms with Crippen LogP contribution >= 0.6 is 0 Å². The van der Waals surface area contributed by atoms with Gasteiger partial charge in [-0.25, -0.2) is 0 Å². The third-order valence-electron chi connectivity index (χ3n) is 3.16. The zero-order valence-electron chi connectivity index (χ0n) is 11.7. The summed E-state index contributed by atoms with van der Waals surface area (Å²) in [6.07, 6.45) is 6.19. The van der Waals surface area contributed by atoms with Gasteiger partial charge in [0.2, 0.25) is 5.91 Å². The van der Waals surface area contributed by atoms with Crippen LogP contribution in [0.3, 0.4) is 0 Å². The van der Waals surface area contributed by atoms with Gasteiger partial charge in [0.05, 0.1) is 0 Å². The summed E-state index contributed by atoms with van der Waals surface area (Å²) >= 11 is 0. The normalized spacial score (nSPS) is 10.6. The molecule has 3 heteroatoms. The summed E-state index contributed by atoms with van der Waals surface area (Å²) in [5, 5.41) is 0. The van der Waals surface area contributed by atoms with Crippen molar-refractivity contribution in [3.8, 4) is 0 Å². The van der Waals surface area contributed by atoms with Gasteiger partial charge < -0.3 is 9.80 Å². The Kier molecular flexibility index (Phi) is 9.83. The van der Waals surface area contributed by atoms with Gasteiger partial charge in [-0.1, -0.05) is 33.3 Å². The van der Waals surface area contributed by atoms with Crippen LogP contribution in [0.5, 0.6) is 0 Å². The predicted octanol–water partition coefficient (Wildman–Crippen LogP) is 2.53. The van der Waals surface area contributed by atoms with E-state index in [0.717, 1.165) is 26.1 Å². The second kappa shape index (κ2) is 10.3. The molecule has 0 spiro atoms.